The van der Waals surface area contributed by atoms with Crippen LogP contribution in [0.5, 0.6) is 0 Å². The molecule has 0 aliphatic heterocycles. The van der Waals surface area contributed by atoms with E-state index < -0.39 is 11.4 Å². The minimum absolute atomic E-state index is 0.496. The molecule has 20 heavy (non-hydrogen) atoms. The van der Waals surface area contributed by atoms with Gasteiger partial charge in [-0.1, -0.05) is 37.3 Å². The van der Waals surface area contributed by atoms with E-state index in [-0.39, 0.29) is 0 Å². The van der Waals surface area contributed by atoms with Crippen molar-refractivity contribution in [1.29, 1.82) is 0 Å². The SMILES string of the molecule is CCn1nc(C)c(Cl)c1CC1(C(=O)O)CCCCCC1. The fraction of sp³-hybridized carbons (Fsp3) is 0.733. The van der Waals surface area contributed by atoms with Crippen molar-refractivity contribution in [2.24, 2.45) is 5.41 Å². The van der Waals surface area contributed by atoms with Crippen LogP contribution in [-0.2, 0) is 17.8 Å². The third-order valence-electron chi connectivity index (χ3n) is 4.47. The fourth-order valence-corrected chi connectivity index (χ4v) is 3.43. The third-order valence-corrected chi connectivity index (χ3v) is 4.96. The maximum absolute atomic E-state index is 11.9. The van der Waals surface area contributed by atoms with E-state index in [0.717, 1.165) is 56.5 Å². The van der Waals surface area contributed by atoms with E-state index >= 15 is 0 Å². The molecule has 1 aliphatic carbocycles. The van der Waals surface area contributed by atoms with E-state index in [1.165, 1.54) is 0 Å². The van der Waals surface area contributed by atoms with Crippen molar-refractivity contribution in [3.8, 4) is 0 Å². The van der Waals surface area contributed by atoms with Gasteiger partial charge in [0.1, 0.15) is 0 Å². The molecule has 0 radical (unpaired) electrons. The first kappa shape index (κ1) is 15.4. The second-order valence-corrected chi connectivity index (χ2v) is 6.22. The van der Waals surface area contributed by atoms with Gasteiger partial charge < -0.3 is 5.11 Å². The van der Waals surface area contributed by atoms with Gasteiger partial charge in [0.15, 0.2) is 0 Å². The first-order chi connectivity index (χ1) is 9.50. The summed E-state index contributed by atoms with van der Waals surface area (Å²) in [5.41, 5.74) is 1.01. The van der Waals surface area contributed by atoms with Crippen LogP contribution < -0.4 is 0 Å². The molecule has 1 aliphatic rings. The Kier molecular flexibility index (Phi) is 4.74. The number of carbonyl (C=O) groups is 1. The number of carboxylic acid groups (broad SMARTS) is 1. The third kappa shape index (κ3) is 2.85. The highest BCUT2D eigenvalue weighted by molar-refractivity contribution is 6.31. The van der Waals surface area contributed by atoms with Crippen LogP contribution in [-0.4, -0.2) is 20.9 Å². The highest BCUT2D eigenvalue weighted by Crippen LogP contribution is 2.40. The highest BCUT2D eigenvalue weighted by atomic mass is 35.5. The lowest BCUT2D eigenvalue weighted by Gasteiger charge is -2.28. The van der Waals surface area contributed by atoms with Crippen LogP contribution >= 0.6 is 11.6 Å². The van der Waals surface area contributed by atoms with E-state index in [1.54, 1.807) is 0 Å². The zero-order valence-corrected chi connectivity index (χ0v) is 13.0. The Balaban J connectivity index is 2.35. The minimum Gasteiger partial charge on any atom is -0.481 e. The molecule has 0 amide bonds. The largest absolute Gasteiger partial charge is 0.481 e. The second kappa shape index (κ2) is 6.17. The number of carboxylic acids is 1. The normalized spacial score (nSPS) is 18.8. The van der Waals surface area contributed by atoms with Gasteiger partial charge in [0.2, 0.25) is 0 Å². The molecule has 2 rings (SSSR count). The quantitative estimate of drug-likeness (QED) is 0.859. The molecular weight excluding hydrogens is 276 g/mol. The molecular formula is C15H23ClN2O2. The number of halogens is 1. The molecule has 0 bridgehead atoms. The standard InChI is InChI=1S/C15H23ClN2O2/c1-3-18-12(13(16)11(2)17-18)10-15(14(19)20)8-6-4-5-7-9-15/h3-10H2,1-2H3,(H,19,20). The van der Waals surface area contributed by atoms with Gasteiger partial charge in [0, 0.05) is 13.0 Å². The summed E-state index contributed by atoms with van der Waals surface area (Å²) in [6, 6.07) is 0. The molecule has 112 valence electrons. The first-order valence-electron chi connectivity index (χ1n) is 7.45. The van der Waals surface area contributed by atoms with Gasteiger partial charge in [-0.2, -0.15) is 5.10 Å². The maximum Gasteiger partial charge on any atom is 0.310 e. The van der Waals surface area contributed by atoms with Crippen LogP contribution in [0.3, 0.4) is 0 Å². The van der Waals surface area contributed by atoms with Crippen molar-refractivity contribution in [3.05, 3.63) is 16.4 Å². The van der Waals surface area contributed by atoms with Crippen LogP contribution in [0, 0.1) is 12.3 Å². The Bertz CT molecular complexity index is 488. The van der Waals surface area contributed by atoms with Gasteiger partial charge in [-0.3, -0.25) is 9.48 Å². The van der Waals surface area contributed by atoms with Crippen LogP contribution in [0.1, 0.15) is 56.8 Å². The molecule has 5 heteroatoms. The summed E-state index contributed by atoms with van der Waals surface area (Å²) >= 11 is 6.34. The molecule has 0 aromatic carbocycles. The van der Waals surface area contributed by atoms with Crippen molar-refractivity contribution in [3.63, 3.8) is 0 Å². The van der Waals surface area contributed by atoms with Gasteiger partial charge in [-0.15, -0.1) is 0 Å². The van der Waals surface area contributed by atoms with E-state index in [2.05, 4.69) is 5.10 Å². The lowest BCUT2D eigenvalue weighted by atomic mass is 9.76. The van der Waals surface area contributed by atoms with Gasteiger partial charge in [0.05, 0.1) is 21.8 Å². The van der Waals surface area contributed by atoms with Crippen molar-refractivity contribution in [2.45, 2.75) is 65.3 Å². The Morgan fingerprint density at radius 2 is 1.95 bits per heavy atom. The Morgan fingerprint density at radius 3 is 2.45 bits per heavy atom. The lowest BCUT2D eigenvalue weighted by Crippen LogP contribution is -2.34. The predicted octanol–water partition coefficient (Wildman–Crippen LogP) is 3.83. The smallest absolute Gasteiger partial charge is 0.310 e. The summed E-state index contributed by atoms with van der Waals surface area (Å²) in [6.07, 6.45) is 6.23. The summed E-state index contributed by atoms with van der Waals surface area (Å²) in [5, 5.41) is 14.8. The van der Waals surface area contributed by atoms with Gasteiger partial charge >= 0.3 is 5.97 Å². The van der Waals surface area contributed by atoms with Gasteiger partial charge in [-0.25, -0.2) is 0 Å². The zero-order valence-electron chi connectivity index (χ0n) is 12.3. The summed E-state index contributed by atoms with van der Waals surface area (Å²) in [4.78, 5) is 11.9. The van der Waals surface area contributed by atoms with Crippen LogP contribution in [0.15, 0.2) is 0 Å². The van der Waals surface area contributed by atoms with E-state index in [9.17, 15) is 9.90 Å². The summed E-state index contributed by atoms with van der Waals surface area (Å²) in [5.74, 6) is -0.683. The first-order valence-corrected chi connectivity index (χ1v) is 7.83. The van der Waals surface area contributed by atoms with E-state index in [1.807, 2.05) is 18.5 Å². The predicted molar refractivity (Wildman–Crippen MR) is 79.1 cm³/mol. The molecule has 1 aromatic heterocycles. The molecule has 0 saturated heterocycles. The Labute approximate surface area is 125 Å². The van der Waals surface area contributed by atoms with Crippen molar-refractivity contribution >= 4 is 17.6 Å². The molecule has 1 N–H and O–H groups in total. The Morgan fingerprint density at radius 1 is 1.35 bits per heavy atom. The number of rotatable bonds is 4. The molecule has 0 atom stereocenters. The molecule has 1 aromatic rings. The second-order valence-electron chi connectivity index (χ2n) is 5.84. The average molecular weight is 299 g/mol. The molecule has 1 heterocycles. The average Bonchev–Trinajstić information content (AvgIpc) is 2.62. The van der Waals surface area contributed by atoms with Crippen LogP contribution in [0.2, 0.25) is 5.02 Å². The molecule has 0 spiro atoms. The number of aliphatic carboxylic acids is 1. The molecule has 1 saturated carbocycles. The number of hydrogen-bond donors (Lipinski definition) is 1. The summed E-state index contributed by atoms with van der Waals surface area (Å²) < 4.78 is 1.85. The minimum atomic E-state index is -0.683. The lowest BCUT2D eigenvalue weighted by molar-refractivity contribution is -0.150. The van der Waals surface area contributed by atoms with Crippen LogP contribution in [0.4, 0.5) is 0 Å². The summed E-state index contributed by atoms with van der Waals surface area (Å²) in [7, 11) is 0. The molecule has 1 fully saturated rings. The topological polar surface area (TPSA) is 55.1 Å². The summed E-state index contributed by atoms with van der Waals surface area (Å²) in [6.45, 7) is 4.60. The number of nitrogens with zero attached hydrogens (tertiary/aromatic N) is 2. The Hall–Kier alpha value is -1.03. The zero-order chi connectivity index (χ0) is 14.8. The molecule has 0 unspecified atom stereocenters. The number of hydrogen-bond acceptors (Lipinski definition) is 2. The number of aromatic nitrogens is 2. The fourth-order valence-electron chi connectivity index (χ4n) is 3.23. The van der Waals surface area contributed by atoms with Gasteiger partial charge in [0.25, 0.3) is 0 Å². The van der Waals surface area contributed by atoms with Crippen LogP contribution in [0.25, 0.3) is 0 Å². The van der Waals surface area contributed by atoms with Gasteiger partial charge in [-0.05, 0) is 26.7 Å². The maximum atomic E-state index is 11.9. The number of aryl methyl sites for hydroxylation is 2. The monoisotopic (exact) mass is 298 g/mol. The van der Waals surface area contributed by atoms with E-state index in [0.29, 0.717) is 11.4 Å². The van der Waals surface area contributed by atoms with Crippen molar-refractivity contribution in [2.75, 3.05) is 0 Å². The van der Waals surface area contributed by atoms with Crippen molar-refractivity contribution < 1.29 is 9.90 Å². The molecule has 4 nitrogen and oxygen atoms in total. The van der Waals surface area contributed by atoms with E-state index in [4.69, 9.17) is 11.6 Å². The van der Waals surface area contributed by atoms with Crippen molar-refractivity contribution in [1.82, 2.24) is 9.78 Å². The highest BCUT2D eigenvalue weighted by Gasteiger charge is 2.40.